The standard InChI is InChI=1S/C16H20ClN3O/c1-11(4-3-8-18-12(2)21)20-15-7-9-19-16-10-13(17)5-6-14(15)16/h5-7,9-11H,3-4,8H2,1-2H3,(H,18,21)(H,19,20)/i3D2,8D2. The Hall–Kier alpha value is -1.81. The molecule has 0 aliphatic rings. The van der Waals surface area contributed by atoms with Crippen molar-refractivity contribution in [3.8, 4) is 0 Å². The smallest absolute Gasteiger partial charge is 0.216 e. The Labute approximate surface area is 135 Å². The van der Waals surface area contributed by atoms with Crippen LogP contribution in [0.4, 0.5) is 5.69 Å². The van der Waals surface area contributed by atoms with E-state index in [1.54, 1.807) is 31.3 Å². The molecule has 2 aromatic rings. The van der Waals surface area contributed by atoms with Crippen molar-refractivity contribution >= 4 is 34.1 Å². The van der Waals surface area contributed by atoms with Gasteiger partial charge in [-0.25, -0.2) is 0 Å². The van der Waals surface area contributed by atoms with E-state index in [-0.39, 0.29) is 12.5 Å². The van der Waals surface area contributed by atoms with E-state index in [0.717, 1.165) is 18.0 Å². The van der Waals surface area contributed by atoms with Gasteiger partial charge in [-0.15, -0.1) is 0 Å². The van der Waals surface area contributed by atoms with Crippen LogP contribution < -0.4 is 10.6 Å². The molecule has 21 heavy (non-hydrogen) atoms. The molecule has 2 rings (SSSR count). The van der Waals surface area contributed by atoms with E-state index in [1.807, 2.05) is 11.4 Å². The second kappa shape index (κ2) is 7.27. The first-order valence-electron chi connectivity index (χ1n) is 8.61. The lowest BCUT2D eigenvalue weighted by molar-refractivity contribution is -0.118. The van der Waals surface area contributed by atoms with Gasteiger partial charge in [-0.05, 0) is 44.0 Å². The van der Waals surface area contributed by atoms with Crippen LogP contribution in [0.1, 0.15) is 32.1 Å². The number of anilines is 1. The molecule has 112 valence electrons. The molecule has 1 heterocycles. The second-order valence-electron chi connectivity index (χ2n) is 4.75. The molecule has 1 unspecified atom stereocenters. The Kier molecular flexibility index (Phi) is 3.76. The number of aromatic nitrogens is 1. The van der Waals surface area contributed by atoms with E-state index in [9.17, 15) is 4.79 Å². The molecule has 0 fully saturated rings. The predicted octanol–water partition coefficient (Wildman–Crippen LogP) is 3.60. The van der Waals surface area contributed by atoms with Crippen LogP contribution in [0, 0.1) is 0 Å². The second-order valence-corrected chi connectivity index (χ2v) is 5.19. The van der Waals surface area contributed by atoms with E-state index >= 15 is 0 Å². The van der Waals surface area contributed by atoms with Crippen molar-refractivity contribution < 1.29 is 10.3 Å². The van der Waals surface area contributed by atoms with Crippen molar-refractivity contribution in [3.05, 3.63) is 35.5 Å². The number of hydrogen-bond donors (Lipinski definition) is 2. The summed E-state index contributed by atoms with van der Waals surface area (Å²) in [5, 5.41) is 6.63. The number of carbonyl (C=O) groups excluding carboxylic acids is 1. The quantitative estimate of drug-likeness (QED) is 0.857. The van der Waals surface area contributed by atoms with Crippen molar-refractivity contribution in [2.75, 3.05) is 11.8 Å². The topological polar surface area (TPSA) is 54.0 Å². The maximum absolute atomic E-state index is 11.1. The summed E-state index contributed by atoms with van der Waals surface area (Å²) in [5.41, 5.74) is 1.46. The molecule has 1 aromatic heterocycles. The van der Waals surface area contributed by atoms with Gasteiger partial charge in [0.1, 0.15) is 0 Å². The summed E-state index contributed by atoms with van der Waals surface area (Å²) in [6.45, 7) is 0.441. The highest BCUT2D eigenvalue weighted by atomic mass is 35.5. The van der Waals surface area contributed by atoms with Crippen molar-refractivity contribution in [3.63, 3.8) is 0 Å². The Balaban J connectivity index is 2.17. The van der Waals surface area contributed by atoms with E-state index in [1.165, 1.54) is 0 Å². The van der Waals surface area contributed by atoms with Crippen LogP contribution in [0.5, 0.6) is 0 Å². The molecule has 0 saturated heterocycles. The van der Waals surface area contributed by atoms with Gasteiger partial charge in [-0.2, -0.15) is 0 Å². The third kappa shape index (κ3) is 4.60. The molecule has 2 N–H and O–H groups in total. The van der Waals surface area contributed by atoms with Crippen LogP contribution in [0.3, 0.4) is 0 Å². The summed E-state index contributed by atoms with van der Waals surface area (Å²) >= 11 is 5.97. The van der Waals surface area contributed by atoms with Crippen molar-refractivity contribution in [1.82, 2.24) is 10.3 Å². The summed E-state index contributed by atoms with van der Waals surface area (Å²) < 4.78 is 31.6. The summed E-state index contributed by atoms with van der Waals surface area (Å²) in [6, 6.07) is 6.69. The average Bonchev–Trinajstić information content (AvgIpc) is 2.44. The number of pyridine rings is 1. The van der Waals surface area contributed by atoms with Crippen LogP contribution in [0.25, 0.3) is 10.9 Å². The minimum Gasteiger partial charge on any atom is -0.382 e. The number of fused-ring (bicyclic) bond motifs is 1. The van der Waals surface area contributed by atoms with Gasteiger partial charge in [0.05, 0.1) is 5.52 Å². The fourth-order valence-electron chi connectivity index (χ4n) is 1.90. The minimum atomic E-state index is -2.47. The van der Waals surface area contributed by atoms with Gasteiger partial charge in [0.2, 0.25) is 5.91 Å². The SMILES string of the molecule is [2H]C([2H])(CC(C)Nc1ccnc2cc(Cl)ccc12)C([2H])([2H])NC(C)=O. The van der Waals surface area contributed by atoms with Crippen molar-refractivity contribution in [1.29, 1.82) is 0 Å². The molecule has 0 bridgehead atoms. The van der Waals surface area contributed by atoms with Gasteiger partial charge in [-0.3, -0.25) is 9.78 Å². The molecule has 0 aliphatic carbocycles. The van der Waals surface area contributed by atoms with Crippen molar-refractivity contribution in [2.45, 2.75) is 32.7 Å². The third-order valence-corrected chi connectivity index (χ3v) is 3.08. The number of nitrogens with zero attached hydrogens (tertiary/aromatic N) is 1. The zero-order chi connectivity index (χ0) is 18.8. The van der Waals surface area contributed by atoms with Crippen LogP contribution in [0.2, 0.25) is 5.02 Å². The summed E-state index contributed by atoms with van der Waals surface area (Å²) in [4.78, 5) is 15.4. The van der Waals surface area contributed by atoms with Crippen LogP contribution in [0.15, 0.2) is 30.5 Å². The number of nitrogens with one attached hydrogen (secondary N) is 2. The summed E-state index contributed by atoms with van der Waals surface area (Å²) in [5.74, 6) is -0.619. The number of halogens is 1. The van der Waals surface area contributed by atoms with Crippen LogP contribution >= 0.6 is 11.6 Å². The first kappa shape index (κ1) is 10.9. The zero-order valence-corrected chi connectivity index (χ0v) is 12.7. The molecule has 0 saturated carbocycles. The highest BCUT2D eigenvalue weighted by Gasteiger charge is 2.06. The fourth-order valence-corrected chi connectivity index (χ4v) is 2.07. The highest BCUT2D eigenvalue weighted by Crippen LogP contribution is 2.25. The largest absolute Gasteiger partial charge is 0.382 e. The van der Waals surface area contributed by atoms with E-state index in [0.29, 0.717) is 10.5 Å². The average molecular weight is 310 g/mol. The number of amides is 1. The first-order chi connectivity index (χ1) is 11.5. The Morgan fingerprint density at radius 2 is 2.29 bits per heavy atom. The minimum absolute atomic E-state index is 0.141. The van der Waals surface area contributed by atoms with Crippen molar-refractivity contribution in [2.24, 2.45) is 0 Å². The fraction of sp³-hybridized carbons (Fsp3) is 0.375. The molecule has 5 heteroatoms. The maximum atomic E-state index is 11.1. The normalized spacial score (nSPS) is 16.3. The molecule has 1 atom stereocenters. The lowest BCUT2D eigenvalue weighted by Crippen LogP contribution is -2.23. The molecular formula is C16H20ClN3O. The number of hydrogen-bond acceptors (Lipinski definition) is 3. The monoisotopic (exact) mass is 309 g/mol. The van der Waals surface area contributed by atoms with Gasteiger partial charge >= 0.3 is 0 Å². The number of benzene rings is 1. The lowest BCUT2D eigenvalue weighted by Gasteiger charge is -2.16. The summed E-state index contributed by atoms with van der Waals surface area (Å²) in [7, 11) is 0. The predicted molar refractivity (Wildman–Crippen MR) is 87.8 cm³/mol. The van der Waals surface area contributed by atoms with Gasteiger partial charge in [0.15, 0.2) is 0 Å². The molecule has 0 radical (unpaired) electrons. The molecule has 4 nitrogen and oxygen atoms in total. The van der Waals surface area contributed by atoms with Crippen LogP contribution in [-0.2, 0) is 4.79 Å². The van der Waals surface area contributed by atoms with Gasteiger partial charge in [0, 0.05) is 47.2 Å². The van der Waals surface area contributed by atoms with E-state index < -0.39 is 18.8 Å². The first-order valence-corrected chi connectivity index (χ1v) is 6.99. The van der Waals surface area contributed by atoms with Gasteiger partial charge in [0.25, 0.3) is 0 Å². The molecule has 0 aliphatic heterocycles. The van der Waals surface area contributed by atoms with Gasteiger partial charge < -0.3 is 10.6 Å². The molecule has 0 spiro atoms. The van der Waals surface area contributed by atoms with E-state index in [2.05, 4.69) is 10.3 Å². The lowest BCUT2D eigenvalue weighted by atomic mass is 10.1. The van der Waals surface area contributed by atoms with E-state index in [4.69, 9.17) is 17.1 Å². The Morgan fingerprint density at radius 3 is 3.05 bits per heavy atom. The van der Waals surface area contributed by atoms with Gasteiger partial charge in [-0.1, -0.05) is 11.6 Å². The number of carbonyl (C=O) groups is 1. The molecular weight excluding hydrogens is 286 g/mol. The zero-order valence-electron chi connectivity index (χ0n) is 15.9. The molecule has 1 aromatic carbocycles. The highest BCUT2D eigenvalue weighted by molar-refractivity contribution is 6.31. The maximum Gasteiger partial charge on any atom is 0.216 e. The number of rotatable bonds is 6. The Bertz CT molecular complexity index is 785. The summed E-state index contributed by atoms with van der Waals surface area (Å²) in [6.07, 6.45) is -0.770. The third-order valence-electron chi connectivity index (χ3n) is 2.84. The molecule has 1 amide bonds. The van der Waals surface area contributed by atoms with Crippen LogP contribution in [-0.4, -0.2) is 23.4 Å². The Morgan fingerprint density at radius 1 is 1.48 bits per heavy atom.